The Morgan fingerprint density at radius 1 is 1.11 bits per heavy atom. The van der Waals surface area contributed by atoms with Crippen molar-refractivity contribution in [1.82, 2.24) is 14.8 Å². The molecule has 2 aromatic heterocycles. The molecule has 1 aromatic carbocycles. The van der Waals surface area contributed by atoms with Crippen molar-refractivity contribution in [3.63, 3.8) is 0 Å². The number of methoxy groups -OCH3 is 3. The number of pyridine rings is 1. The maximum Gasteiger partial charge on any atom is 0.281 e. The minimum atomic E-state index is -0.422. The molecular formula is C26H31N5O6. The molecule has 0 atom stereocenters. The summed E-state index contributed by atoms with van der Waals surface area (Å²) in [6.07, 6.45) is 5.22. The molecule has 0 saturated heterocycles. The first-order chi connectivity index (χ1) is 18.0. The number of amides is 1. The van der Waals surface area contributed by atoms with Gasteiger partial charge in [-0.2, -0.15) is 5.10 Å². The first-order valence-electron chi connectivity index (χ1n) is 11.8. The van der Waals surface area contributed by atoms with E-state index in [2.05, 4.69) is 20.3 Å². The molecule has 0 spiro atoms. The number of anilines is 2. The highest BCUT2D eigenvalue weighted by Crippen LogP contribution is 2.40. The van der Waals surface area contributed by atoms with Crippen molar-refractivity contribution in [1.29, 1.82) is 0 Å². The SMILES string of the molecule is CCOc1cn(CCOC)nc1C(=O)Nc1ccc(OC2=CCN(C)c3cc(OC)c(OC)cc32)cn1. The maximum atomic E-state index is 12.9. The first-order valence-corrected chi connectivity index (χ1v) is 11.8. The van der Waals surface area contributed by atoms with E-state index in [1.807, 2.05) is 32.2 Å². The molecule has 0 radical (unpaired) electrons. The largest absolute Gasteiger partial charge is 0.493 e. The smallest absolute Gasteiger partial charge is 0.281 e. The monoisotopic (exact) mass is 509 g/mol. The third-order valence-electron chi connectivity index (χ3n) is 5.70. The lowest BCUT2D eigenvalue weighted by Gasteiger charge is -2.28. The molecule has 11 heteroatoms. The topological polar surface area (TPSA) is 109 Å². The highest BCUT2D eigenvalue weighted by Gasteiger charge is 2.22. The lowest BCUT2D eigenvalue weighted by atomic mass is 10.0. The average molecular weight is 510 g/mol. The molecule has 0 aliphatic carbocycles. The van der Waals surface area contributed by atoms with Gasteiger partial charge in [-0.15, -0.1) is 0 Å². The Hall–Kier alpha value is -4.25. The van der Waals surface area contributed by atoms with E-state index < -0.39 is 5.91 Å². The van der Waals surface area contributed by atoms with Crippen LogP contribution in [0.15, 0.2) is 42.7 Å². The molecule has 1 N–H and O–H groups in total. The van der Waals surface area contributed by atoms with Crippen LogP contribution < -0.4 is 29.2 Å². The van der Waals surface area contributed by atoms with Crippen LogP contribution in [0.2, 0.25) is 0 Å². The van der Waals surface area contributed by atoms with Crippen LogP contribution >= 0.6 is 0 Å². The summed E-state index contributed by atoms with van der Waals surface area (Å²) in [6.45, 7) is 3.89. The predicted octanol–water partition coefficient (Wildman–Crippen LogP) is 3.46. The van der Waals surface area contributed by atoms with Gasteiger partial charge in [0.15, 0.2) is 22.9 Å². The summed E-state index contributed by atoms with van der Waals surface area (Å²) in [5, 5.41) is 7.09. The van der Waals surface area contributed by atoms with E-state index in [1.54, 1.807) is 50.5 Å². The molecular weight excluding hydrogens is 478 g/mol. The van der Waals surface area contributed by atoms with Gasteiger partial charge >= 0.3 is 0 Å². The summed E-state index contributed by atoms with van der Waals surface area (Å²) in [5.41, 5.74) is 2.01. The zero-order valence-corrected chi connectivity index (χ0v) is 21.6. The number of aromatic nitrogens is 3. The van der Waals surface area contributed by atoms with Crippen LogP contribution in [-0.4, -0.2) is 68.8 Å². The van der Waals surface area contributed by atoms with Gasteiger partial charge in [0.2, 0.25) is 0 Å². The van der Waals surface area contributed by atoms with Crippen LogP contribution in [0, 0.1) is 0 Å². The van der Waals surface area contributed by atoms with Gasteiger partial charge in [-0.1, -0.05) is 0 Å². The fourth-order valence-corrected chi connectivity index (χ4v) is 3.84. The molecule has 1 aliphatic rings. The summed E-state index contributed by atoms with van der Waals surface area (Å²) in [7, 11) is 6.81. The molecule has 4 rings (SSSR count). The molecule has 0 saturated carbocycles. The van der Waals surface area contributed by atoms with Crippen LogP contribution in [0.5, 0.6) is 23.0 Å². The van der Waals surface area contributed by atoms with Crippen molar-refractivity contribution in [2.45, 2.75) is 13.5 Å². The van der Waals surface area contributed by atoms with E-state index in [4.69, 9.17) is 23.7 Å². The number of likely N-dealkylation sites (N-methyl/N-ethyl adjacent to an activating group) is 1. The molecule has 1 amide bonds. The number of ether oxygens (including phenoxy) is 5. The van der Waals surface area contributed by atoms with Crippen molar-refractivity contribution in [2.24, 2.45) is 0 Å². The second-order valence-corrected chi connectivity index (χ2v) is 8.14. The zero-order chi connectivity index (χ0) is 26.4. The summed E-state index contributed by atoms with van der Waals surface area (Å²) < 4.78 is 29.3. The number of carbonyl (C=O) groups excluding carboxylic acids is 1. The van der Waals surface area contributed by atoms with E-state index >= 15 is 0 Å². The fraction of sp³-hybridized carbons (Fsp3) is 0.346. The molecule has 37 heavy (non-hydrogen) atoms. The normalized spacial score (nSPS) is 12.5. The van der Waals surface area contributed by atoms with Crippen molar-refractivity contribution in [3.05, 3.63) is 54.0 Å². The van der Waals surface area contributed by atoms with Crippen molar-refractivity contribution in [2.75, 3.05) is 58.4 Å². The number of benzene rings is 1. The summed E-state index contributed by atoms with van der Waals surface area (Å²) in [4.78, 5) is 19.3. The number of hydrogen-bond acceptors (Lipinski definition) is 9. The van der Waals surface area contributed by atoms with Gasteiger partial charge in [0.25, 0.3) is 5.91 Å². The van der Waals surface area contributed by atoms with Crippen LogP contribution in [0.3, 0.4) is 0 Å². The van der Waals surface area contributed by atoms with E-state index in [0.717, 1.165) is 11.3 Å². The molecule has 196 valence electrons. The minimum absolute atomic E-state index is 0.178. The summed E-state index contributed by atoms with van der Waals surface area (Å²) in [5.74, 6) is 2.79. The van der Waals surface area contributed by atoms with Gasteiger partial charge in [-0.25, -0.2) is 4.98 Å². The number of nitrogens with zero attached hydrogens (tertiary/aromatic N) is 4. The van der Waals surface area contributed by atoms with Crippen molar-refractivity contribution < 1.29 is 28.5 Å². The Morgan fingerprint density at radius 3 is 2.57 bits per heavy atom. The number of carbonyl (C=O) groups is 1. The Balaban J connectivity index is 1.48. The van der Waals surface area contributed by atoms with Gasteiger partial charge in [-0.3, -0.25) is 9.48 Å². The second-order valence-electron chi connectivity index (χ2n) is 8.14. The van der Waals surface area contributed by atoms with Gasteiger partial charge < -0.3 is 33.9 Å². The van der Waals surface area contributed by atoms with Crippen molar-refractivity contribution in [3.8, 4) is 23.0 Å². The molecule has 0 unspecified atom stereocenters. The number of rotatable bonds is 11. The Kier molecular flexibility index (Phi) is 8.14. The number of hydrogen-bond donors (Lipinski definition) is 1. The van der Waals surface area contributed by atoms with Gasteiger partial charge in [0.05, 0.1) is 52.1 Å². The highest BCUT2D eigenvalue weighted by molar-refractivity contribution is 6.04. The second kappa shape index (κ2) is 11.7. The Labute approximate surface area is 215 Å². The average Bonchev–Trinajstić information content (AvgIpc) is 3.32. The van der Waals surface area contributed by atoms with Gasteiger partial charge in [0.1, 0.15) is 17.3 Å². The summed E-state index contributed by atoms with van der Waals surface area (Å²) >= 11 is 0. The number of fused-ring (bicyclic) bond motifs is 1. The van der Waals surface area contributed by atoms with Crippen LogP contribution in [-0.2, 0) is 11.3 Å². The third kappa shape index (κ3) is 5.78. The molecule has 1 aliphatic heterocycles. The van der Waals surface area contributed by atoms with E-state index in [1.165, 1.54) is 0 Å². The van der Waals surface area contributed by atoms with Crippen LogP contribution in [0.1, 0.15) is 23.0 Å². The third-order valence-corrected chi connectivity index (χ3v) is 5.70. The minimum Gasteiger partial charge on any atom is -0.493 e. The molecule has 11 nitrogen and oxygen atoms in total. The van der Waals surface area contributed by atoms with Crippen LogP contribution in [0.25, 0.3) is 5.76 Å². The molecule has 3 heterocycles. The Bertz CT molecular complexity index is 1270. The zero-order valence-electron chi connectivity index (χ0n) is 21.6. The summed E-state index contributed by atoms with van der Waals surface area (Å²) in [6, 6.07) is 7.22. The maximum absolute atomic E-state index is 12.9. The van der Waals surface area contributed by atoms with E-state index in [0.29, 0.717) is 60.9 Å². The predicted molar refractivity (Wildman–Crippen MR) is 139 cm³/mol. The molecule has 0 fully saturated rings. The Morgan fingerprint density at radius 2 is 1.89 bits per heavy atom. The fourth-order valence-electron chi connectivity index (χ4n) is 3.84. The van der Waals surface area contributed by atoms with Crippen molar-refractivity contribution >= 4 is 23.2 Å². The molecule has 3 aromatic rings. The molecule has 0 bridgehead atoms. The lowest BCUT2D eigenvalue weighted by molar-refractivity contribution is 0.101. The van der Waals surface area contributed by atoms with Crippen LogP contribution in [0.4, 0.5) is 11.5 Å². The highest BCUT2D eigenvalue weighted by atomic mass is 16.5. The standard InChI is InChI=1S/C26H31N5O6/c1-6-36-23-16-31(11-12-33-3)29-25(23)26(32)28-24-8-7-17(15-27-24)37-20-9-10-30(2)19-14-22(35-5)21(34-4)13-18(19)20/h7-9,13-16H,6,10-12H2,1-5H3,(H,27,28,32). The number of nitrogens with one attached hydrogen (secondary N) is 1. The van der Waals surface area contributed by atoms with Gasteiger partial charge in [-0.05, 0) is 31.2 Å². The van der Waals surface area contributed by atoms with Gasteiger partial charge in [0, 0.05) is 32.3 Å². The van der Waals surface area contributed by atoms with E-state index in [9.17, 15) is 4.79 Å². The van der Waals surface area contributed by atoms with E-state index in [-0.39, 0.29) is 5.69 Å². The first kappa shape index (κ1) is 25.8. The quantitative estimate of drug-likeness (QED) is 0.416. The lowest BCUT2D eigenvalue weighted by Crippen LogP contribution is -2.23.